The highest BCUT2D eigenvalue weighted by Crippen LogP contribution is 2.27. The first-order valence-corrected chi connectivity index (χ1v) is 17.4. The molecule has 0 heterocycles. The highest BCUT2D eigenvalue weighted by molar-refractivity contribution is 6.08. The predicted molar refractivity (Wildman–Crippen MR) is 205 cm³/mol. The summed E-state index contributed by atoms with van der Waals surface area (Å²) in [6.07, 6.45) is 16.4. The Morgan fingerprint density at radius 3 is 2.29 bits per heavy atom. The van der Waals surface area contributed by atoms with E-state index in [0.717, 1.165) is 30.4 Å². The Morgan fingerprint density at radius 2 is 1.69 bits per heavy atom. The molecule has 4 amide bonds. The summed E-state index contributed by atoms with van der Waals surface area (Å²) in [6.45, 7) is 12.9. The molecule has 0 bridgehead atoms. The molecule has 0 aliphatic heterocycles. The number of carbonyl (C=O) groups excluding carboxylic acids is 4. The van der Waals surface area contributed by atoms with Gasteiger partial charge < -0.3 is 26.2 Å². The van der Waals surface area contributed by atoms with Gasteiger partial charge in [0.05, 0.1) is 12.1 Å². The van der Waals surface area contributed by atoms with Crippen LogP contribution in [0.25, 0.3) is 0 Å². The summed E-state index contributed by atoms with van der Waals surface area (Å²) in [5.74, 6) is 1.29. The quantitative estimate of drug-likeness (QED) is 0.140. The lowest BCUT2D eigenvalue weighted by Gasteiger charge is -2.24. The van der Waals surface area contributed by atoms with Crippen molar-refractivity contribution in [2.24, 2.45) is 5.92 Å². The van der Waals surface area contributed by atoms with Crippen LogP contribution >= 0.6 is 0 Å². The van der Waals surface area contributed by atoms with Gasteiger partial charge >= 0.3 is 5.91 Å². The Hall–Kier alpha value is -4.68. The first kappa shape index (κ1) is 38.8. The number of benzene rings is 2. The van der Waals surface area contributed by atoms with Crippen LogP contribution in [0.3, 0.4) is 0 Å². The monoisotopic (exact) mass is 674 g/mol. The number of carbonyl (C=O) groups is 4. The van der Waals surface area contributed by atoms with E-state index >= 15 is 0 Å². The van der Waals surface area contributed by atoms with Gasteiger partial charge in [0.15, 0.2) is 0 Å². The van der Waals surface area contributed by atoms with Crippen molar-refractivity contribution in [1.29, 1.82) is 0 Å². The average Bonchev–Trinajstić information content (AvgIpc) is 3.82. The Balaban J connectivity index is 0. The number of allylic oxidation sites excluding steroid dienone is 3. The summed E-state index contributed by atoms with van der Waals surface area (Å²) in [5, 5.41) is 12.4. The van der Waals surface area contributed by atoms with Crippen molar-refractivity contribution >= 4 is 29.3 Å². The van der Waals surface area contributed by atoms with Gasteiger partial charge in [0.25, 0.3) is 11.8 Å². The molecule has 0 aromatic heterocycles. The van der Waals surface area contributed by atoms with Crippen molar-refractivity contribution in [3.8, 4) is 12.3 Å². The lowest BCUT2D eigenvalue weighted by atomic mass is 10.0. The predicted octanol–water partition coefficient (Wildman–Crippen LogP) is 6.65. The summed E-state index contributed by atoms with van der Waals surface area (Å²) < 4.78 is 0. The molecule has 9 nitrogen and oxygen atoms in total. The number of nitrogens with zero attached hydrogens (tertiary/aromatic N) is 1. The minimum absolute atomic E-state index is 0. The molecule has 0 spiro atoms. The Morgan fingerprint density at radius 1 is 1.02 bits per heavy atom. The van der Waals surface area contributed by atoms with E-state index in [1.165, 1.54) is 11.0 Å². The summed E-state index contributed by atoms with van der Waals surface area (Å²) in [5.41, 5.74) is 2.87. The molecule has 1 saturated carbocycles. The van der Waals surface area contributed by atoms with Crippen LogP contribution in [0.15, 0.2) is 72.3 Å². The molecule has 0 unspecified atom stereocenters. The molecular weight excluding hydrogens is 614 g/mol. The van der Waals surface area contributed by atoms with Gasteiger partial charge in [-0.15, -0.1) is 6.42 Å². The van der Waals surface area contributed by atoms with E-state index in [-0.39, 0.29) is 41.4 Å². The first-order chi connectivity index (χ1) is 23.7. The molecule has 9 heteroatoms. The van der Waals surface area contributed by atoms with Crippen LogP contribution in [0.1, 0.15) is 104 Å². The third-order valence-electron chi connectivity index (χ3n) is 8.42. The summed E-state index contributed by atoms with van der Waals surface area (Å²) in [4.78, 5) is 54.3. The van der Waals surface area contributed by atoms with Crippen LogP contribution in [-0.4, -0.2) is 55.3 Å². The second-order valence-corrected chi connectivity index (χ2v) is 12.3. The highest BCUT2D eigenvalue weighted by atomic mass is 16.2. The number of terminal acetylenes is 1. The van der Waals surface area contributed by atoms with Crippen LogP contribution in [0.5, 0.6) is 0 Å². The van der Waals surface area contributed by atoms with E-state index < -0.39 is 23.8 Å². The zero-order valence-electron chi connectivity index (χ0n) is 29.4. The molecule has 2 aliphatic rings. The number of amides is 4. The molecule has 0 saturated heterocycles. The van der Waals surface area contributed by atoms with E-state index in [2.05, 4.69) is 40.2 Å². The van der Waals surface area contributed by atoms with Gasteiger partial charge in [0.1, 0.15) is 0 Å². The smallest absolute Gasteiger partial charge is 0.302 e. The second kappa shape index (κ2) is 20.0. The average molecular weight is 675 g/mol. The molecule has 269 valence electrons. The maximum atomic E-state index is 13.9. The van der Waals surface area contributed by atoms with Crippen molar-refractivity contribution in [2.45, 2.75) is 84.3 Å². The Kier molecular flexibility index (Phi) is 15.8. The van der Waals surface area contributed by atoms with Crippen LogP contribution in [0, 0.1) is 25.2 Å². The lowest BCUT2D eigenvalue weighted by Crippen LogP contribution is -2.49. The van der Waals surface area contributed by atoms with Crippen molar-refractivity contribution in [3.63, 3.8) is 0 Å². The van der Waals surface area contributed by atoms with Gasteiger partial charge in [0, 0.05) is 48.2 Å². The molecule has 1 fully saturated rings. The molecule has 1 radical (unpaired) electrons. The van der Waals surface area contributed by atoms with Crippen LogP contribution in [0.4, 0.5) is 5.69 Å². The largest absolute Gasteiger partial charge is 0.354 e. The van der Waals surface area contributed by atoms with Gasteiger partial charge in [-0.3, -0.25) is 19.2 Å². The van der Waals surface area contributed by atoms with Crippen molar-refractivity contribution in [2.75, 3.05) is 24.5 Å². The fraction of sp³-hybridized carbons (Fsp3) is 0.425. The van der Waals surface area contributed by atoms with E-state index in [4.69, 9.17) is 6.42 Å². The van der Waals surface area contributed by atoms with E-state index in [0.29, 0.717) is 44.0 Å². The van der Waals surface area contributed by atoms with E-state index in [1.807, 2.05) is 70.2 Å². The topological polar surface area (TPSA) is 120 Å². The summed E-state index contributed by atoms with van der Waals surface area (Å²) in [7, 11) is 0. The third-order valence-corrected chi connectivity index (χ3v) is 8.42. The molecule has 3 atom stereocenters. The molecule has 49 heavy (non-hydrogen) atoms. The number of unbranched alkanes of at least 4 members (excludes halogenated alkanes) is 1. The normalized spacial score (nSPS) is 15.0. The minimum Gasteiger partial charge on any atom is -0.354 e. The third kappa shape index (κ3) is 12.4. The maximum Gasteiger partial charge on any atom is 0.302 e. The number of hydrogen-bond acceptors (Lipinski definition) is 5. The number of rotatable bonds is 17. The molecule has 2 aromatic carbocycles. The van der Waals surface area contributed by atoms with E-state index in [9.17, 15) is 19.2 Å². The van der Waals surface area contributed by atoms with Crippen molar-refractivity contribution in [1.82, 2.24) is 21.3 Å². The molecule has 2 aliphatic carbocycles. The number of anilines is 1. The van der Waals surface area contributed by atoms with Crippen LogP contribution in [0.2, 0.25) is 0 Å². The van der Waals surface area contributed by atoms with Gasteiger partial charge in [-0.25, -0.2) is 0 Å². The summed E-state index contributed by atoms with van der Waals surface area (Å²) in [6, 6.07) is 13.2. The van der Waals surface area contributed by atoms with Crippen LogP contribution in [-0.2, 0) is 9.59 Å². The molecular formula is C40H60N5O4. The fourth-order valence-corrected chi connectivity index (χ4v) is 5.36. The Labute approximate surface area is 298 Å². The highest BCUT2D eigenvalue weighted by Gasteiger charge is 2.25. The molecule has 4 N–H and O–H groups in total. The standard InChI is InChI=1S/C38H46N5O4.C2H6.4H2/c1-5-7-19-43(35(44)6-2)34-22-31(37(46)41-26(3)30-15-9-8-10-16-30)21-32(23-34)38(47)42-33(20-28-13-11-12-14-28)25-39-27(4)36(45)40-24-29-17-18-29;1-2;;;;/h2,8-13,15-16,21-23,26-27,29,33,39H,1,5,7,14,17-20,24-25H2,3-4H3,(H,40,45)(H,41,46)(H,42,47);1-2H3;4*1H/t26-,27+,33+;;;;;/m1...../s1. The van der Waals surface area contributed by atoms with E-state index in [1.54, 1.807) is 12.1 Å². The Bertz CT molecular complexity index is 1540. The van der Waals surface area contributed by atoms with Gasteiger partial charge in [-0.1, -0.05) is 81.3 Å². The number of nitrogens with one attached hydrogen (secondary N) is 4. The van der Waals surface area contributed by atoms with Gasteiger partial charge in [-0.2, -0.15) is 0 Å². The fourth-order valence-electron chi connectivity index (χ4n) is 5.36. The van der Waals surface area contributed by atoms with Crippen LogP contribution < -0.4 is 26.2 Å². The lowest BCUT2D eigenvalue weighted by molar-refractivity contribution is -0.122. The zero-order chi connectivity index (χ0) is 35.8. The van der Waals surface area contributed by atoms with Gasteiger partial charge in [-0.05, 0) is 81.6 Å². The summed E-state index contributed by atoms with van der Waals surface area (Å²) >= 11 is 0. The van der Waals surface area contributed by atoms with Gasteiger partial charge in [0.2, 0.25) is 5.91 Å². The van der Waals surface area contributed by atoms with Crippen molar-refractivity contribution < 1.29 is 24.9 Å². The SMILES string of the molecule is C#CC(=O)N(CCC[CH2])c1cc(C(=O)N[C@H](CN[C@@H](C)C(=O)NCC2CC2)CC2=CC=CC2)cc(C(=O)N[C@H](C)c2ccccc2)c1.CC.[HH].[HH].[HH].[HH]. The molecule has 4 rings (SSSR count). The zero-order valence-corrected chi connectivity index (χ0v) is 29.4. The molecule has 2 aromatic rings. The maximum absolute atomic E-state index is 13.9. The second-order valence-electron chi connectivity index (χ2n) is 12.3. The minimum atomic E-state index is -0.572. The van der Waals surface area contributed by atoms with Crippen molar-refractivity contribution in [3.05, 3.63) is 95.9 Å². The first-order valence-electron chi connectivity index (χ1n) is 17.4. The number of hydrogen-bond donors (Lipinski definition) is 4.